The molecule has 1 aliphatic rings. The summed E-state index contributed by atoms with van der Waals surface area (Å²) >= 11 is 12.0. The van der Waals surface area contributed by atoms with Gasteiger partial charge in [0.25, 0.3) is 11.8 Å². The fourth-order valence-corrected chi connectivity index (χ4v) is 3.63. The highest BCUT2D eigenvalue weighted by Crippen LogP contribution is 2.29. The van der Waals surface area contributed by atoms with Crippen LogP contribution in [-0.4, -0.2) is 42.4 Å². The second-order valence-electron chi connectivity index (χ2n) is 6.83. The minimum atomic E-state index is -0.553. The Bertz CT molecular complexity index is 924. The number of nitrogens with one attached hydrogen (secondary N) is 1. The molecule has 0 bridgehead atoms. The molecule has 6 nitrogen and oxygen atoms in total. The fourth-order valence-electron chi connectivity index (χ4n) is 3.14. The van der Waals surface area contributed by atoms with E-state index in [-0.39, 0.29) is 21.6 Å². The Morgan fingerprint density at radius 3 is 2.23 bits per heavy atom. The molecule has 1 N–H and O–H groups in total. The summed E-state index contributed by atoms with van der Waals surface area (Å²) in [7, 11) is 0. The first kappa shape index (κ1) is 22.1. The highest BCUT2D eigenvalue weighted by atomic mass is 35.5. The Morgan fingerprint density at radius 2 is 1.63 bits per heavy atom. The topological polar surface area (TPSA) is 75.7 Å². The SMILES string of the molecule is O=C(COC(=O)C1CCN(C(=O)c2ccc(F)cc2)CC1)Nc1c(Cl)cccc1Cl. The number of hydrogen-bond donors (Lipinski definition) is 1. The van der Waals surface area contributed by atoms with E-state index in [0.717, 1.165) is 0 Å². The second kappa shape index (κ2) is 9.91. The molecule has 1 fully saturated rings. The first-order valence-electron chi connectivity index (χ1n) is 9.30. The van der Waals surface area contributed by atoms with Gasteiger partial charge >= 0.3 is 5.97 Å². The monoisotopic (exact) mass is 452 g/mol. The van der Waals surface area contributed by atoms with Gasteiger partial charge in [0.05, 0.1) is 21.7 Å². The van der Waals surface area contributed by atoms with E-state index < -0.39 is 30.2 Å². The minimum Gasteiger partial charge on any atom is -0.455 e. The van der Waals surface area contributed by atoms with Gasteiger partial charge in [-0.1, -0.05) is 29.3 Å². The number of carbonyl (C=O) groups excluding carboxylic acids is 3. The number of ether oxygens (including phenoxy) is 1. The molecule has 0 saturated carbocycles. The van der Waals surface area contributed by atoms with Crippen LogP contribution in [0.2, 0.25) is 10.0 Å². The Hall–Kier alpha value is -2.64. The lowest BCUT2D eigenvalue weighted by Crippen LogP contribution is -2.41. The molecule has 1 saturated heterocycles. The lowest BCUT2D eigenvalue weighted by molar-refractivity contribution is -0.152. The van der Waals surface area contributed by atoms with Crippen LogP contribution in [0.3, 0.4) is 0 Å². The van der Waals surface area contributed by atoms with E-state index in [4.69, 9.17) is 27.9 Å². The standard InChI is InChI=1S/C21H19Cl2FN2O4/c22-16-2-1-3-17(23)19(16)25-18(27)12-30-21(29)14-8-10-26(11-9-14)20(28)13-4-6-15(24)7-5-13/h1-7,14H,8-12H2,(H,25,27). The molecule has 0 spiro atoms. The third kappa shape index (κ3) is 5.49. The smallest absolute Gasteiger partial charge is 0.309 e. The first-order chi connectivity index (χ1) is 14.3. The predicted octanol–water partition coefficient (Wildman–Crippen LogP) is 4.17. The summed E-state index contributed by atoms with van der Waals surface area (Å²) in [6, 6.07) is 10.1. The maximum Gasteiger partial charge on any atom is 0.309 e. The van der Waals surface area contributed by atoms with Crippen molar-refractivity contribution in [1.82, 2.24) is 4.90 Å². The van der Waals surface area contributed by atoms with Crippen LogP contribution >= 0.6 is 23.2 Å². The maximum absolute atomic E-state index is 13.0. The molecule has 30 heavy (non-hydrogen) atoms. The zero-order chi connectivity index (χ0) is 21.7. The van der Waals surface area contributed by atoms with Crippen molar-refractivity contribution in [2.45, 2.75) is 12.8 Å². The number of amides is 2. The van der Waals surface area contributed by atoms with E-state index in [1.807, 2.05) is 0 Å². The van der Waals surface area contributed by atoms with Crippen molar-refractivity contribution in [1.29, 1.82) is 0 Å². The number of nitrogens with zero attached hydrogens (tertiary/aromatic N) is 1. The van der Waals surface area contributed by atoms with Crippen LogP contribution in [0.4, 0.5) is 10.1 Å². The van der Waals surface area contributed by atoms with E-state index >= 15 is 0 Å². The van der Waals surface area contributed by atoms with E-state index in [9.17, 15) is 18.8 Å². The molecule has 2 aromatic rings. The minimum absolute atomic E-state index is 0.210. The van der Waals surface area contributed by atoms with Crippen LogP contribution in [0, 0.1) is 11.7 Å². The molecule has 0 aliphatic carbocycles. The molecule has 0 atom stereocenters. The van der Waals surface area contributed by atoms with Gasteiger partial charge in [0, 0.05) is 18.7 Å². The number of likely N-dealkylation sites (tertiary alicyclic amines) is 1. The average Bonchev–Trinajstić information content (AvgIpc) is 2.75. The second-order valence-corrected chi connectivity index (χ2v) is 7.64. The Labute approximate surface area is 182 Å². The zero-order valence-electron chi connectivity index (χ0n) is 15.9. The number of halogens is 3. The molecule has 0 aromatic heterocycles. The average molecular weight is 453 g/mol. The number of rotatable bonds is 5. The van der Waals surface area contributed by atoms with Crippen molar-refractivity contribution in [3.63, 3.8) is 0 Å². The van der Waals surface area contributed by atoms with Crippen molar-refractivity contribution < 1.29 is 23.5 Å². The summed E-state index contributed by atoms with van der Waals surface area (Å²) in [5, 5.41) is 3.08. The number of piperidine rings is 1. The van der Waals surface area contributed by atoms with Gasteiger partial charge in [0.1, 0.15) is 5.82 Å². The van der Waals surface area contributed by atoms with Gasteiger partial charge in [0.15, 0.2) is 6.61 Å². The number of carbonyl (C=O) groups is 3. The van der Waals surface area contributed by atoms with Gasteiger partial charge in [-0.3, -0.25) is 14.4 Å². The van der Waals surface area contributed by atoms with Crippen molar-refractivity contribution in [3.8, 4) is 0 Å². The molecule has 9 heteroatoms. The van der Waals surface area contributed by atoms with Crippen molar-refractivity contribution in [2.75, 3.05) is 25.0 Å². The molecular weight excluding hydrogens is 434 g/mol. The Morgan fingerprint density at radius 1 is 1.03 bits per heavy atom. The zero-order valence-corrected chi connectivity index (χ0v) is 17.4. The lowest BCUT2D eigenvalue weighted by Gasteiger charge is -2.31. The molecule has 0 unspecified atom stereocenters. The van der Waals surface area contributed by atoms with E-state index in [1.54, 1.807) is 23.1 Å². The van der Waals surface area contributed by atoms with Gasteiger partial charge in [-0.15, -0.1) is 0 Å². The Balaban J connectivity index is 1.45. The number of para-hydroxylation sites is 1. The van der Waals surface area contributed by atoms with Gasteiger partial charge in [-0.05, 0) is 49.2 Å². The molecular formula is C21H19Cl2FN2O4. The quantitative estimate of drug-likeness (QED) is 0.690. The Kier molecular flexibility index (Phi) is 7.29. The number of anilines is 1. The number of esters is 1. The summed E-state index contributed by atoms with van der Waals surface area (Å²) < 4.78 is 18.1. The fraction of sp³-hybridized carbons (Fsp3) is 0.286. The number of benzene rings is 2. The summed E-state index contributed by atoms with van der Waals surface area (Å²) in [5.41, 5.74) is 0.654. The van der Waals surface area contributed by atoms with Crippen molar-refractivity contribution >= 4 is 46.7 Å². The van der Waals surface area contributed by atoms with Crippen molar-refractivity contribution in [2.24, 2.45) is 5.92 Å². The summed E-state index contributed by atoms with van der Waals surface area (Å²) in [5.74, 6) is -2.07. The summed E-state index contributed by atoms with van der Waals surface area (Å²) in [4.78, 5) is 38.4. The molecule has 158 valence electrons. The molecule has 1 heterocycles. The van der Waals surface area contributed by atoms with Gasteiger partial charge in [0.2, 0.25) is 0 Å². The van der Waals surface area contributed by atoms with Crippen LogP contribution in [0.25, 0.3) is 0 Å². The third-order valence-electron chi connectivity index (χ3n) is 4.78. The van der Waals surface area contributed by atoms with Crippen LogP contribution in [0.5, 0.6) is 0 Å². The third-order valence-corrected chi connectivity index (χ3v) is 5.41. The van der Waals surface area contributed by atoms with Gasteiger partial charge < -0.3 is 15.0 Å². The highest BCUT2D eigenvalue weighted by molar-refractivity contribution is 6.39. The molecule has 3 rings (SSSR count). The predicted molar refractivity (Wildman–Crippen MR) is 111 cm³/mol. The maximum atomic E-state index is 13.0. The molecule has 0 radical (unpaired) electrons. The van der Waals surface area contributed by atoms with Crippen molar-refractivity contribution in [3.05, 3.63) is 63.9 Å². The van der Waals surface area contributed by atoms with Crippen LogP contribution < -0.4 is 5.32 Å². The van der Waals surface area contributed by atoms with Gasteiger partial charge in [-0.2, -0.15) is 0 Å². The summed E-state index contributed by atoms with van der Waals surface area (Å²) in [6.45, 7) is 0.282. The van der Waals surface area contributed by atoms with Crippen LogP contribution in [0.15, 0.2) is 42.5 Å². The normalized spacial score (nSPS) is 14.3. The summed E-state index contributed by atoms with van der Waals surface area (Å²) in [6.07, 6.45) is 0.841. The number of hydrogen-bond acceptors (Lipinski definition) is 4. The molecule has 1 aliphatic heterocycles. The molecule has 2 amide bonds. The van der Waals surface area contributed by atoms with Crippen LogP contribution in [-0.2, 0) is 14.3 Å². The van der Waals surface area contributed by atoms with E-state index in [0.29, 0.717) is 31.5 Å². The van der Waals surface area contributed by atoms with Gasteiger partial charge in [-0.25, -0.2) is 4.39 Å². The highest BCUT2D eigenvalue weighted by Gasteiger charge is 2.29. The van der Waals surface area contributed by atoms with E-state index in [1.165, 1.54) is 24.3 Å². The molecule has 2 aromatic carbocycles. The first-order valence-corrected chi connectivity index (χ1v) is 10.1. The largest absolute Gasteiger partial charge is 0.455 e. The van der Waals surface area contributed by atoms with E-state index in [2.05, 4.69) is 5.32 Å². The lowest BCUT2D eigenvalue weighted by atomic mass is 9.96. The van der Waals surface area contributed by atoms with Crippen LogP contribution in [0.1, 0.15) is 23.2 Å².